The predicted molar refractivity (Wildman–Crippen MR) is 169 cm³/mol. The SMILES string of the molecule is COc1cc(OC)cc([C@H](CC(=O)O)NC(=O)[C@@H](NC(=O)c2ccc3c(c2)B(O)OC3)[C@H](C)NC(=O)c2ccc3c(c2)B(O)OC3)c1. The topological polar surface area (TPSA) is 202 Å². The van der Waals surface area contributed by atoms with Gasteiger partial charge in [-0.15, -0.1) is 0 Å². The molecule has 47 heavy (non-hydrogen) atoms. The Morgan fingerprint density at radius 1 is 0.787 bits per heavy atom. The number of hydrogen-bond donors (Lipinski definition) is 6. The fourth-order valence-electron chi connectivity index (χ4n) is 5.45. The van der Waals surface area contributed by atoms with Gasteiger partial charge < -0.3 is 49.9 Å². The van der Waals surface area contributed by atoms with Gasteiger partial charge in [0.05, 0.1) is 45.9 Å². The van der Waals surface area contributed by atoms with Crippen LogP contribution in [0.4, 0.5) is 0 Å². The lowest BCUT2D eigenvalue weighted by Crippen LogP contribution is -2.58. The molecule has 0 spiro atoms. The van der Waals surface area contributed by atoms with Gasteiger partial charge in [-0.25, -0.2) is 0 Å². The molecule has 5 rings (SSSR count). The van der Waals surface area contributed by atoms with E-state index in [1.165, 1.54) is 39.3 Å². The highest BCUT2D eigenvalue weighted by Gasteiger charge is 2.34. The Kier molecular flexibility index (Phi) is 10.2. The van der Waals surface area contributed by atoms with Gasteiger partial charge in [0.2, 0.25) is 5.91 Å². The Morgan fingerprint density at radius 3 is 1.79 bits per heavy atom. The Hall–Kier alpha value is -4.89. The second-order valence-corrected chi connectivity index (χ2v) is 11.2. The number of carboxylic acids is 1. The standard InChI is InChI=1S/C31H33B2N3O11/c1-16(34-29(39)17-4-6-19-14-46-32(42)24(19)10-17)28(36-30(40)18-5-7-20-15-47-33(43)25(20)11-18)31(41)35-26(13-27(37)38)21-8-22(44-2)12-23(9-21)45-3/h4-12,16,26,28,42-43H,13-15H2,1-3H3,(H,34,39)(H,35,41)(H,36,40)(H,37,38)/t16-,26-,28-/m0/s1. The molecule has 2 aliphatic heterocycles. The van der Waals surface area contributed by atoms with Crippen molar-refractivity contribution in [1.82, 2.24) is 16.0 Å². The van der Waals surface area contributed by atoms with Crippen LogP contribution >= 0.6 is 0 Å². The number of carbonyl (C=O) groups is 4. The number of aliphatic carboxylic acids is 1. The summed E-state index contributed by atoms with van der Waals surface area (Å²) in [5, 5.41) is 38.0. The number of rotatable bonds is 12. The van der Waals surface area contributed by atoms with Crippen LogP contribution in [0, 0.1) is 0 Å². The second kappa shape index (κ2) is 14.3. The number of amides is 3. The van der Waals surface area contributed by atoms with E-state index in [1.54, 1.807) is 36.4 Å². The summed E-state index contributed by atoms with van der Waals surface area (Å²) in [5.74, 6) is -2.56. The number of hydrogen-bond acceptors (Lipinski definition) is 10. The third-order valence-electron chi connectivity index (χ3n) is 8.04. The van der Waals surface area contributed by atoms with E-state index < -0.39 is 62.5 Å². The van der Waals surface area contributed by atoms with E-state index in [0.717, 1.165) is 5.56 Å². The minimum absolute atomic E-state index is 0.122. The van der Waals surface area contributed by atoms with Gasteiger partial charge in [-0.2, -0.15) is 0 Å². The molecule has 0 unspecified atom stereocenters. The first-order chi connectivity index (χ1) is 22.5. The maximum absolute atomic E-state index is 13.9. The van der Waals surface area contributed by atoms with Crippen LogP contribution in [0.3, 0.4) is 0 Å². The van der Waals surface area contributed by atoms with Crippen molar-refractivity contribution in [3.63, 3.8) is 0 Å². The summed E-state index contributed by atoms with van der Waals surface area (Å²) in [7, 11) is 0.476. The minimum Gasteiger partial charge on any atom is -0.497 e. The maximum Gasteiger partial charge on any atom is 0.491 e. The van der Waals surface area contributed by atoms with E-state index in [2.05, 4.69) is 16.0 Å². The molecule has 2 aliphatic rings. The zero-order valence-electron chi connectivity index (χ0n) is 25.8. The molecule has 3 amide bonds. The zero-order chi connectivity index (χ0) is 33.8. The van der Waals surface area contributed by atoms with E-state index in [0.29, 0.717) is 33.6 Å². The minimum atomic E-state index is -1.41. The lowest BCUT2D eigenvalue weighted by atomic mass is 9.78. The van der Waals surface area contributed by atoms with E-state index in [4.69, 9.17) is 18.8 Å². The van der Waals surface area contributed by atoms with Gasteiger partial charge in [-0.3, -0.25) is 19.2 Å². The van der Waals surface area contributed by atoms with E-state index in [9.17, 15) is 34.3 Å². The number of benzene rings is 3. The summed E-state index contributed by atoms with van der Waals surface area (Å²) >= 11 is 0. The van der Waals surface area contributed by atoms with Gasteiger partial charge in [0, 0.05) is 17.2 Å². The summed E-state index contributed by atoms with van der Waals surface area (Å²) in [4.78, 5) is 52.6. The quantitative estimate of drug-likeness (QED) is 0.137. The molecule has 3 atom stereocenters. The van der Waals surface area contributed by atoms with Crippen LogP contribution in [0.15, 0.2) is 54.6 Å². The maximum atomic E-state index is 13.9. The van der Waals surface area contributed by atoms with Crippen molar-refractivity contribution in [1.29, 1.82) is 0 Å². The van der Waals surface area contributed by atoms with Gasteiger partial charge in [-0.05, 0) is 70.9 Å². The molecule has 14 nitrogen and oxygen atoms in total. The van der Waals surface area contributed by atoms with Crippen LogP contribution in [-0.4, -0.2) is 79.4 Å². The third-order valence-corrected chi connectivity index (χ3v) is 8.04. The van der Waals surface area contributed by atoms with Crippen LogP contribution in [0.25, 0.3) is 0 Å². The first-order valence-corrected chi connectivity index (χ1v) is 14.7. The van der Waals surface area contributed by atoms with Crippen molar-refractivity contribution in [3.8, 4) is 11.5 Å². The molecular formula is C31H33B2N3O11. The van der Waals surface area contributed by atoms with Crippen molar-refractivity contribution in [3.05, 3.63) is 82.4 Å². The van der Waals surface area contributed by atoms with Gasteiger partial charge >= 0.3 is 20.2 Å². The van der Waals surface area contributed by atoms with Crippen molar-refractivity contribution in [2.45, 2.75) is 44.7 Å². The first-order valence-electron chi connectivity index (χ1n) is 14.7. The average Bonchev–Trinajstić information content (AvgIpc) is 3.63. The zero-order valence-corrected chi connectivity index (χ0v) is 25.8. The number of carbonyl (C=O) groups excluding carboxylic acids is 3. The number of methoxy groups -OCH3 is 2. The lowest BCUT2D eigenvalue weighted by molar-refractivity contribution is -0.137. The third kappa shape index (κ3) is 7.58. The molecule has 0 aromatic heterocycles. The summed E-state index contributed by atoms with van der Waals surface area (Å²) in [6.45, 7) is 1.89. The fourth-order valence-corrected chi connectivity index (χ4v) is 5.45. The highest BCUT2D eigenvalue weighted by Crippen LogP contribution is 2.28. The van der Waals surface area contributed by atoms with Crippen molar-refractivity contribution < 1.29 is 53.1 Å². The second-order valence-electron chi connectivity index (χ2n) is 11.2. The molecule has 6 N–H and O–H groups in total. The molecule has 2 heterocycles. The van der Waals surface area contributed by atoms with Crippen LogP contribution in [0.5, 0.6) is 11.5 Å². The van der Waals surface area contributed by atoms with Crippen molar-refractivity contribution in [2.75, 3.05) is 14.2 Å². The average molecular weight is 645 g/mol. The van der Waals surface area contributed by atoms with Gasteiger partial charge in [0.15, 0.2) is 0 Å². The lowest BCUT2D eigenvalue weighted by Gasteiger charge is -2.28. The molecule has 0 fully saturated rings. The highest BCUT2D eigenvalue weighted by molar-refractivity contribution is 6.62. The first kappa shape index (κ1) is 33.5. The molecule has 16 heteroatoms. The van der Waals surface area contributed by atoms with Gasteiger partial charge in [0.25, 0.3) is 11.8 Å². The summed E-state index contributed by atoms with van der Waals surface area (Å²) in [6, 6.07) is 10.5. The van der Waals surface area contributed by atoms with Gasteiger partial charge in [-0.1, -0.05) is 12.1 Å². The molecule has 3 aromatic rings. The normalized spacial score (nSPS) is 15.2. The van der Waals surface area contributed by atoms with Crippen LogP contribution in [0.2, 0.25) is 0 Å². The Bertz CT molecular complexity index is 1680. The largest absolute Gasteiger partial charge is 0.497 e. The van der Waals surface area contributed by atoms with Crippen LogP contribution in [0.1, 0.15) is 56.8 Å². The predicted octanol–water partition coefficient (Wildman–Crippen LogP) is -0.612. The van der Waals surface area contributed by atoms with Crippen LogP contribution < -0.4 is 36.3 Å². The molecule has 244 valence electrons. The molecule has 3 aromatic carbocycles. The van der Waals surface area contributed by atoms with Crippen molar-refractivity contribution in [2.24, 2.45) is 0 Å². The molecule has 0 radical (unpaired) electrons. The molecule has 0 saturated carbocycles. The van der Waals surface area contributed by atoms with Gasteiger partial charge in [0.1, 0.15) is 17.5 Å². The van der Waals surface area contributed by atoms with E-state index in [-0.39, 0.29) is 24.3 Å². The fraction of sp³-hybridized carbons (Fsp3) is 0.290. The molecular weight excluding hydrogens is 612 g/mol. The number of carboxylic acid groups (broad SMARTS) is 1. The van der Waals surface area contributed by atoms with E-state index in [1.807, 2.05) is 0 Å². The summed E-state index contributed by atoms with van der Waals surface area (Å²) in [5.41, 5.74) is 2.97. The van der Waals surface area contributed by atoms with Crippen molar-refractivity contribution >= 4 is 48.9 Å². The number of fused-ring (bicyclic) bond motifs is 2. The Balaban J connectivity index is 1.43. The Labute approximate surface area is 270 Å². The molecule has 0 bridgehead atoms. The summed E-state index contributed by atoms with van der Waals surface area (Å²) < 4.78 is 21.0. The number of nitrogens with one attached hydrogen (secondary N) is 3. The smallest absolute Gasteiger partial charge is 0.491 e. The van der Waals surface area contributed by atoms with E-state index >= 15 is 0 Å². The highest BCUT2D eigenvalue weighted by atomic mass is 16.5. The molecule has 0 aliphatic carbocycles. The summed E-state index contributed by atoms with van der Waals surface area (Å²) in [6.07, 6.45) is -0.522. The van der Waals surface area contributed by atoms with Crippen LogP contribution in [-0.2, 0) is 32.1 Å². The number of ether oxygens (including phenoxy) is 2. The molecule has 0 saturated heterocycles. The Morgan fingerprint density at radius 2 is 1.30 bits per heavy atom. The monoisotopic (exact) mass is 645 g/mol.